The maximum atomic E-state index is 11.7. The van der Waals surface area contributed by atoms with Gasteiger partial charge in [0.05, 0.1) is 7.11 Å². The quantitative estimate of drug-likeness (QED) is 0.676. The maximum Gasteiger partial charge on any atom is 0.323 e. The van der Waals surface area contributed by atoms with Crippen LogP contribution in [-0.2, 0) is 9.53 Å². The van der Waals surface area contributed by atoms with Crippen LogP contribution in [0.4, 0.5) is 0 Å². The van der Waals surface area contributed by atoms with Crippen LogP contribution < -0.4 is 0 Å². The lowest BCUT2D eigenvalue weighted by Gasteiger charge is -2.35. The van der Waals surface area contributed by atoms with E-state index in [1.807, 2.05) is 0 Å². The molecule has 3 heteroatoms. The molecule has 1 atom stereocenters. The van der Waals surface area contributed by atoms with Gasteiger partial charge in [-0.25, -0.2) is 0 Å². The summed E-state index contributed by atoms with van der Waals surface area (Å²) in [6.07, 6.45) is 5.72. The number of piperidine rings is 1. The van der Waals surface area contributed by atoms with Crippen molar-refractivity contribution in [1.82, 2.24) is 4.90 Å². The largest absolute Gasteiger partial charge is 0.468 e. The van der Waals surface area contributed by atoms with Gasteiger partial charge in [0.15, 0.2) is 0 Å². The third-order valence-electron chi connectivity index (χ3n) is 3.73. The first-order chi connectivity index (χ1) is 7.72. The van der Waals surface area contributed by atoms with Gasteiger partial charge >= 0.3 is 5.97 Å². The minimum atomic E-state index is -0.0503. The molecule has 0 bridgehead atoms. The van der Waals surface area contributed by atoms with Gasteiger partial charge in [0.2, 0.25) is 0 Å². The van der Waals surface area contributed by atoms with Crippen LogP contribution in [0.3, 0.4) is 0 Å². The van der Waals surface area contributed by atoms with Crippen LogP contribution >= 0.6 is 0 Å². The van der Waals surface area contributed by atoms with Crippen molar-refractivity contribution in [3.05, 3.63) is 0 Å². The van der Waals surface area contributed by atoms with Crippen molar-refractivity contribution >= 4 is 5.97 Å². The Morgan fingerprint density at radius 3 is 2.62 bits per heavy atom. The van der Waals surface area contributed by atoms with Gasteiger partial charge in [0.1, 0.15) is 6.04 Å². The summed E-state index contributed by atoms with van der Waals surface area (Å²) < 4.78 is 4.89. The van der Waals surface area contributed by atoms with Crippen molar-refractivity contribution < 1.29 is 9.53 Å². The van der Waals surface area contributed by atoms with E-state index >= 15 is 0 Å². The molecule has 1 saturated heterocycles. The van der Waals surface area contributed by atoms with E-state index in [0.717, 1.165) is 25.9 Å². The lowest BCUT2D eigenvalue weighted by Crippen LogP contribution is -2.47. The number of ether oxygens (including phenoxy) is 1. The fourth-order valence-electron chi connectivity index (χ4n) is 2.49. The fourth-order valence-corrected chi connectivity index (χ4v) is 2.49. The van der Waals surface area contributed by atoms with Crippen LogP contribution in [-0.4, -0.2) is 37.1 Å². The molecule has 0 aromatic heterocycles. The van der Waals surface area contributed by atoms with Crippen LogP contribution in [0, 0.1) is 5.92 Å². The highest BCUT2D eigenvalue weighted by atomic mass is 16.5. The molecule has 1 rings (SSSR count). The first-order valence-electron chi connectivity index (χ1n) is 6.54. The summed E-state index contributed by atoms with van der Waals surface area (Å²) in [4.78, 5) is 14.0. The Kier molecular flexibility index (Phi) is 5.81. The predicted octanol–water partition coefficient (Wildman–Crippen LogP) is 2.45. The second-order valence-corrected chi connectivity index (χ2v) is 4.71. The van der Waals surface area contributed by atoms with Gasteiger partial charge in [-0.15, -0.1) is 0 Å². The molecule has 0 saturated carbocycles. The standard InChI is InChI=1S/C13H25NO2/c1-4-11(5-2)10-14-9-7-6-8-12(14)13(15)16-3/h11-12H,4-10H2,1-3H3. The third kappa shape index (κ3) is 3.48. The van der Waals surface area contributed by atoms with Crippen molar-refractivity contribution in [2.45, 2.75) is 52.0 Å². The summed E-state index contributed by atoms with van der Waals surface area (Å²) >= 11 is 0. The number of nitrogens with zero attached hydrogens (tertiary/aromatic N) is 1. The zero-order valence-corrected chi connectivity index (χ0v) is 10.9. The van der Waals surface area contributed by atoms with Crippen LogP contribution in [0.2, 0.25) is 0 Å². The van der Waals surface area contributed by atoms with E-state index < -0.39 is 0 Å². The zero-order valence-electron chi connectivity index (χ0n) is 10.9. The average Bonchev–Trinajstić information content (AvgIpc) is 2.35. The molecular formula is C13H25NO2. The van der Waals surface area contributed by atoms with Crippen molar-refractivity contribution in [3.63, 3.8) is 0 Å². The molecule has 0 aromatic carbocycles. The molecule has 0 amide bonds. The number of methoxy groups -OCH3 is 1. The van der Waals surface area contributed by atoms with Gasteiger partial charge in [0, 0.05) is 6.54 Å². The fraction of sp³-hybridized carbons (Fsp3) is 0.923. The predicted molar refractivity (Wildman–Crippen MR) is 65.3 cm³/mol. The molecule has 16 heavy (non-hydrogen) atoms. The van der Waals surface area contributed by atoms with E-state index in [9.17, 15) is 4.79 Å². The molecule has 1 unspecified atom stereocenters. The number of carbonyl (C=O) groups excluding carboxylic acids is 1. The highest BCUT2D eigenvalue weighted by Gasteiger charge is 2.30. The number of esters is 1. The molecule has 0 N–H and O–H groups in total. The van der Waals surface area contributed by atoms with Gasteiger partial charge < -0.3 is 4.74 Å². The Balaban J connectivity index is 2.55. The van der Waals surface area contributed by atoms with Crippen LogP contribution in [0.25, 0.3) is 0 Å². The van der Waals surface area contributed by atoms with Crippen LogP contribution in [0.1, 0.15) is 46.0 Å². The maximum absolute atomic E-state index is 11.7. The highest BCUT2D eigenvalue weighted by molar-refractivity contribution is 5.75. The summed E-state index contributed by atoms with van der Waals surface area (Å²) in [6.45, 7) is 6.56. The molecule has 0 aromatic rings. The Hall–Kier alpha value is -0.570. The summed E-state index contributed by atoms with van der Waals surface area (Å²) in [5, 5.41) is 0. The zero-order chi connectivity index (χ0) is 12.0. The molecule has 94 valence electrons. The topological polar surface area (TPSA) is 29.5 Å². The number of hydrogen-bond donors (Lipinski definition) is 0. The summed E-state index contributed by atoms with van der Waals surface area (Å²) in [6, 6.07) is 0.0133. The van der Waals surface area contributed by atoms with Crippen LogP contribution in [0.15, 0.2) is 0 Å². The molecule has 1 fully saturated rings. The van der Waals surface area contributed by atoms with E-state index in [0.29, 0.717) is 5.92 Å². The van der Waals surface area contributed by atoms with E-state index in [1.165, 1.54) is 26.4 Å². The van der Waals surface area contributed by atoms with Gasteiger partial charge in [-0.3, -0.25) is 9.69 Å². The van der Waals surface area contributed by atoms with E-state index in [4.69, 9.17) is 4.74 Å². The highest BCUT2D eigenvalue weighted by Crippen LogP contribution is 2.21. The normalized spacial score (nSPS) is 22.4. The lowest BCUT2D eigenvalue weighted by atomic mass is 9.97. The molecular weight excluding hydrogens is 202 g/mol. The number of rotatable bonds is 5. The first kappa shape index (κ1) is 13.5. The molecule has 1 aliphatic heterocycles. The average molecular weight is 227 g/mol. The third-order valence-corrected chi connectivity index (χ3v) is 3.73. The first-order valence-corrected chi connectivity index (χ1v) is 6.54. The summed E-state index contributed by atoms with van der Waals surface area (Å²) in [5.74, 6) is 0.663. The molecule has 3 nitrogen and oxygen atoms in total. The van der Waals surface area contributed by atoms with Gasteiger partial charge in [0.25, 0.3) is 0 Å². The van der Waals surface area contributed by atoms with Gasteiger partial charge in [-0.05, 0) is 25.3 Å². The Morgan fingerprint density at radius 1 is 1.38 bits per heavy atom. The number of likely N-dealkylation sites (tertiary alicyclic amines) is 1. The summed E-state index contributed by atoms with van der Waals surface area (Å²) in [5.41, 5.74) is 0. The van der Waals surface area contributed by atoms with Crippen molar-refractivity contribution in [3.8, 4) is 0 Å². The molecule has 1 heterocycles. The number of carbonyl (C=O) groups is 1. The van der Waals surface area contributed by atoms with Gasteiger partial charge in [-0.2, -0.15) is 0 Å². The minimum absolute atomic E-state index is 0.0133. The monoisotopic (exact) mass is 227 g/mol. The Morgan fingerprint density at radius 2 is 2.06 bits per heavy atom. The Bertz CT molecular complexity index is 214. The smallest absolute Gasteiger partial charge is 0.323 e. The number of hydrogen-bond acceptors (Lipinski definition) is 3. The lowest BCUT2D eigenvalue weighted by molar-refractivity contribution is -0.148. The molecule has 0 spiro atoms. The second kappa shape index (κ2) is 6.89. The molecule has 0 aliphatic carbocycles. The molecule has 0 radical (unpaired) electrons. The van der Waals surface area contributed by atoms with Crippen molar-refractivity contribution in [2.75, 3.05) is 20.2 Å². The Labute approximate surface area is 99.1 Å². The van der Waals surface area contributed by atoms with Crippen LogP contribution in [0.5, 0.6) is 0 Å². The van der Waals surface area contributed by atoms with E-state index in [1.54, 1.807) is 0 Å². The van der Waals surface area contributed by atoms with E-state index in [-0.39, 0.29) is 12.0 Å². The van der Waals surface area contributed by atoms with E-state index in [2.05, 4.69) is 18.7 Å². The molecule has 1 aliphatic rings. The van der Waals surface area contributed by atoms with Gasteiger partial charge in [-0.1, -0.05) is 33.1 Å². The van der Waals surface area contributed by atoms with Crippen molar-refractivity contribution in [1.29, 1.82) is 0 Å². The second-order valence-electron chi connectivity index (χ2n) is 4.71. The summed E-state index contributed by atoms with van der Waals surface area (Å²) in [7, 11) is 1.49. The minimum Gasteiger partial charge on any atom is -0.468 e. The SMILES string of the molecule is CCC(CC)CN1CCCCC1C(=O)OC. The van der Waals surface area contributed by atoms with Crippen molar-refractivity contribution in [2.24, 2.45) is 5.92 Å².